The summed E-state index contributed by atoms with van der Waals surface area (Å²) >= 11 is 0. The Morgan fingerprint density at radius 3 is 1.64 bits per heavy atom. The number of hydrogen-bond donors (Lipinski definition) is 2. The van der Waals surface area contributed by atoms with Crippen molar-refractivity contribution in [3.8, 4) is 0 Å². The Balaban J connectivity index is 1.74. The molecule has 0 spiro atoms. The molecule has 2 bridgehead atoms. The maximum absolute atomic E-state index is 9.77. The van der Waals surface area contributed by atoms with E-state index < -0.39 is 0 Å². The molecule has 1 saturated carbocycles. The minimum Gasteiger partial charge on any atom is -0.411 e. The summed E-state index contributed by atoms with van der Waals surface area (Å²) in [5.41, 5.74) is 6.10. The molecule has 130 valence electrons. The van der Waals surface area contributed by atoms with E-state index >= 15 is 0 Å². The third kappa shape index (κ3) is 2.98. The molecule has 3 nitrogen and oxygen atoms in total. The second-order valence-corrected chi connectivity index (χ2v) is 7.61. The molecular weight excluding hydrogens is 308 g/mol. The lowest BCUT2D eigenvalue weighted by Gasteiger charge is -2.47. The van der Waals surface area contributed by atoms with E-state index in [2.05, 4.69) is 72.9 Å². The topological polar surface area (TPSA) is 44.6 Å². The Hall–Kier alpha value is -2.13. The highest BCUT2D eigenvalue weighted by atomic mass is 16.4. The van der Waals surface area contributed by atoms with E-state index in [9.17, 15) is 5.21 Å². The molecule has 0 aromatic heterocycles. The lowest BCUT2D eigenvalue weighted by Crippen LogP contribution is -2.50. The average Bonchev–Trinajstić information content (AvgIpc) is 2.63. The number of fused-ring (bicyclic) bond motifs is 2. The Morgan fingerprint density at radius 1 is 0.800 bits per heavy atom. The Bertz CT molecular complexity index is 702. The number of aryl methyl sites for hydroxylation is 2. The standard InChI is InChI=1S/C22H26N2O/c1-14-6-10-16(11-7-14)20-18-4-3-5-19(22(18)24-25)21(23-20)17-12-8-15(2)9-13-17/h6-13,18-21,23,25H,3-5H2,1-2H3/t18-,19+,20?,21?. The molecule has 2 aromatic carbocycles. The molecule has 1 heterocycles. The number of oxime groups is 1. The zero-order chi connectivity index (χ0) is 17.4. The molecule has 4 rings (SSSR count). The van der Waals surface area contributed by atoms with Gasteiger partial charge in [-0.25, -0.2) is 0 Å². The van der Waals surface area contributed by atoms with Crippen LogP contribution in [-0.2, 0) is 0 Å². The van der Waals surface area contributed by atoms with Crippen LogP contribution < -0.4 is 5.32 Å². The van der Waals surface area contributed by atoms with Gasteiger partial charge in [-0.05, 0) is 37.8 Å². The zero-order valence-electron chi connectivity index (χ0n) is 14.9. The predicted octanol–water partition coefficient (Wildman–Crippen LogP) is 4.94. The van der Waals surface area contributed by atoms with Crippen LogP contribution in [0.15, 0.2) is 53.7 Å². The van der Waals surface area contributed by atoms with Crippen LogP contribution in [0.3, 0.4) is 0 Å². The number of rotatable bonds is 2. The van der Waals surface area contributed by atoms with E-state index in [1.165, 1.54) is 28.7 Å². The number of benzene rings is 2. The van der Waals surface area contributed by atoms with E-state index in [4.69, 9.17) is 0 Å². The third-order valence-corrected chi connectivity index (χ3v) is 5.94. The molecule has 1 aliphatic heterocycles. The third-order valence-electron chi connectivity index (χ3n) is 5.94. The average molecular weight is 334 g/mol. The fraction of sp³-hybridized carbons (Fsp3) is 0.409. The molecule has 3 heteroatoms. The van der Waals surface area contributed by atoms with Crippen molar-refractivity contribution < 1.29 is 5.21 Å². The van der Waals surface area contributed by atoms with Crippen molar-refractivity contribution in [2.45, 2.75) is 45.2 Å². The summed E-state index contributed by atoms with van der Waals surface area (Å²) in [5.74, 6) is 0.571. The van der Waals surface area contributed by atoms with Crippen molar-refractivity contribution in [2.75, 3.05) is 0 Å². The van der Waals surface area contributed by atoms with Gasteiger partial charge in [0.1, 0.15) is 0 Å². The summed E-state index contributed by atoms with van der Waals surface area (Å²) in [5, 5.41) is 17.5. The molecule has 1 saturated heterocycles. The highest BCUT2D eigenvalue weighted by Crippen LogP contribution is 2.46. The lowest BCUT2D eigenvalue weighted by molar-refractivity contribution is 0.214. The molecule has 2 unspecified atom stereocenters. The van der Waals surface area contributed by atoms with E-state index in [1.807, 2.05) is 0 Å². The van der Waals surface area contributed by atoms with Crippen molar-refractivity contribution in [3.05, 3.63) is 70.8 Å². The Labute approximate surface area is 149 Å². The van der Waals surface area contributed by atoms with Crippen LogP contribution in [0.25, 0.3) is 0 Å². The monoisotopic (exact) mass is 334 g/mol. The van der Waals surface area contributed by atoms with Gasteiger partial charge in [-0.2, -0.15) is 0 Å². The van der Waals surface area contributed by atoms with Gasteiger partial charge >= 0.3 is 0 Å². The molecule has 4 atom stereocenters. The van der Waals surface area contributed by atoms with Gasteiger partial charge in [0.2, 0.25) is 0 Å². The summed E-state index contributed by atoms with van der Waals surface area (Å²) in [6, 6.07) is 17.9. The second-order valence-electron chi connectivity index (χ2n) is 7.61. The first kappa shape index (κ1) is 16.3. The van der Waals surface area contributed by atoms with Gasteiger partial charge in [0.25, 0.3) is 0 Å². The second kappa shape index (κ2) is 6.64. The number of hydrogen-bond acceptors (Lipinski definition) is 3. The van der Waals surface area contributed by atoms with E-state index in [0.717, 1.165) is 18.6 Å². The van der Waals surface area contributed by atoms with Crippen molar-refractivity contribution in [1.82, 2.24) is 5.32 Å². The first-order chi connectivity index (χ1) is 12.2. The number of nitrogens with zero attached hydrogens (tertiary/aromatic N) is 1. The lowest BCUT2D eigenvalue weighted by atomic mass is 9.67. The van der Waals surface area contributed by atoms with E-state index in [0.29, 0.717) is 0 Å². The van der Waals surface area contributed by atoms with Gasteiger partial charge < -0.3 is 10.5 Å². The van der Waals surface area contributed by atoms with Crippen LogP contribution in [0.4, 0.5) is 0 Å². The maximum Gasteiger partial charge on any atom is 0.0670 e. The largest absolute Gasteiger partial charge is 0.411 e. The van der Waals surface area contributed by atoms with Crippen LogP contribution in [0, 0.1) is 25.7 Å². The summed E-state index contributed by atoms with van der Waals surface area (Å²) in [7, 11) is 0. The minimum atomic E-state index is 0.203. The highest BCUT2D eigenvalue weighted by molar-refractivity contribution is 5.91. The van der Waals surface area contributed by atoms with Gasteiger partial charge in [-0.1, -0.05) is 71.2 Å². The van der Waals surface area contributed by atoms with Crippen LogP contribution >= 0.6 is 0 Å². The highest BCUT2D eigenvalue weighted by Gasteiger charge is 2.45. The van der Waals surface area contributed by atoms with Crippen molar-refractivity contribution in [2.24, 2.45) is 17.0 Å². The first-order valence-corrected chi connectivity index (χ1v) is 9.28. The SMILES string of the molecule is Cc1ccc(C2NC(c3ccc(C)cc3)[C@H]3CCC[C@@H]2C3=NO)cc1. The van der Waals surface area contributed by atoms with Crippen molar-refractivity contribution in [1.29, 1.82) is 0 Å². The molecular formula is C22H26N2O. The summed E-state index contributed by atoms with van der Waals surface area (Å²) < 4.78 is 0. The maximum atomic E-state index is 9.77. The van der Waals surface area contributed by atoms with Crippen LogP contribution in [0.1, 0.15) is 53.6 Å². The summed E-state index contributed by atoms with van der Waals surface area (Å²) in [6.07, 6.45) is 3.37. The van der Waals surface area contributed by atoms with Crippen LogP contribution in [0.5, 0.6) is 0 Å². The fourth-order valence-electron chi connectivity index (χ4n) is 4.58. The van der Waals surface area contributed by atoms with Gasteiger partial charge in [-0.15, -0.1) is 0 Å². The van der Waals surface area contributed by atoms with Crippen molar-refractivity contribution >= 4 is 5.71 Å². The van der Waals surface area contributed by atoms with Crippen molar-refractivity contribution in [3.63, 3.8) is 0 Å². The molecule has 2 aromatic rings. The smallest absolute Gasteiger partial charge is 0.0670 e. The summed E-state index contributed by atoms with van der Waals surface area (Å²) in [6.45, 7) is 4.23. The summed E-state index contributed by atoms with van der Waals surface area (Å²) in [4.78, 5) is 0. The normalized spacial score (nSPS) is 30.4. The molecule has 0 radical (unpaired) electrons. The Morgan fingerprint density at radius 2 is 1.24 bits per heavy atom. The first-order valence-electron chi connectivity index (χ1n) is 9.28. The van der Waals surface area contributed by atoms with E-state index in [1.54, 1.807) is 0 Å². The predicted molar refractivity (Wildman–Crippen MR) is 101 cm³/mol. The van der Waals surface area contributed by atoms with Crippen LogP contribution in [0.2, 0.25) is 0 Å². The van der Waals surface area contributed by atoms with E-state index in [-0.39, 0.29) is 23.9 Å². The molecule has 0 amide bonds. The fourth-order valence-corrected chi connectivity index (χ4v) is 4.58. The Kier molecular flexibility index (Phi) is 4.34. The van der Waals surface area contributed by atoms with Gasteiger partial charge in [-0.3, -0.25) is 0 Å². The van der Waals surface area contributed by atoms with Crippen LogP contribution in [-0.4, -0.2) is 10.9 Å². The quantitative estimate of drug-likeness (QED) is 0.604. The number of piperidine rings is 1. The molecule has 1 aliphatic carbocycles. The zero-order valence-corrected chi connectivity index (χ0v) is 14.9. The molecule has 2 aliphatic rings. The van der Waals surface area contributed by atoms with Gasteiger partial charge in [0.05, 0.1) is 5.71 Å². The molecule has 2 N–H and O–H groups in total. The molecule has 25 heavy (non-hydrogen) atoms. The molecule has 2 fully saturated rings. The number of nitrogens with one attached hydrogen (secondary N) is 1. The van der Waals surface area contributed by atoms with Gasteiger partial charge in [0, 0.05) is 23.9 Å². The minimum absolute atomic E-state index is 0.203. The van der Waals surface area contributed by atoms with Gasteiger partial charge in [0.15, 0.2) is 0 Å².